The van der Waals surface area contributed by atoms with E-state index in [9.17, 15) is 13.2 Å². The van der Waals surface area contributed by atoms with Crippen molar-refractivity contribution in [2.45, 2.75) is 12.1 Å². The maximum absolute atomic E-state index is 12.4. The Bertz CT molecular complexity index is 572. The van der Waals surface area contributed by atoms with Crippen LogP contribution in [0.4, 0.5) is 13.2 Å². The molecule has 0 fully saturated rings. The van der Waals surface area contributed by atoms with E-state index in [0.29, 0.717) is 17.1 Å². The molecule has 0 aliphatic carbocycles. The average Bonchev–Trinajstić information content (AvgIpc) is 2.84. The quantitative estimate of drug-likeness (QED) is 0.771. The number of nitrogens with zero attached hydrogens (tertiary/aromatic N) is 1. The lowest BCUT2D eigenvalue weighted by Gasteiger charge is -2.05. The van der Waals surface area contributed by atoms with Crippen LogP contribution in [0.15, 0.2) is 34.9 Å². The lowest BCUT2D eigenvalue weighted by Crippen LogP contribution is -2.03. The molecule has 0 N–H and O–H groups in total. The summed E-state index contributed by atoms with van der Waals surface area (Å²) in [6.45, 7) is 0. The van der Waals surface area contributed by atoms with Gasteiger partial charge in [0.15, 0.2) is 0 Å². The summed E-state index contributed by atoms with van der Waals surface area (Å²) < 4.78 is 42.2. The molecule has 0 aliphatic rings. The van der Waals surface area contributed by atoms with Gasteiger partial charge in [0.1, 0.15) is 6.26 Å². The van der Waals surface area contributed by atoms with E-state index < -0.39 is 11.7 Å². The fraction of sp³-hybridized carbons (Fsp3) is 0.154. The van der Waals surface area contributed by atoms with Gasteiger partial charge >= 0.3 is 6.18 Å². The van der Waals surface area contributed by atoms with Crippen LogP contribution in [0.1, 0.15) is 22.7 Å². The van der Waals surface area contributed by atoms with E-state index >= 15 is 0 Å². The molecular weight excluding hydrogens is 279 g/mol. The largest absolute Gasteiger partial charge is 0.445 e. The van der Waals surface area contributed by atoms with Crippen molar-refractivity contribution >= 4 is 23.8 Å². The minimum atomic E-state index is -4.32. The molecule has 2 nitrogen and oxygen atoms in total. The fourth-order valence-corrected chi connectivity index (χ4v) is 1.53. The Hall–Kier alpha value is -1.75. The topological polar surface area (TPSA) is 26.0 Å². The van der Waals surface area contributed by atoms with Gasteiger partial charge in [-0.15, -0.1) is 11.6 Å². The Kier molecular flexibility index (Phi) is 3.95. The summed E-state index contributed by atoms with van der Waals surface area (Å²) in [5, 5.41) is 0. The smallest absolute Gasteiger partial charge is 0.416 e. The highest BCUT2D eigenvalue weighted by atomic mass is 35.5. The van der Waals surface area contributed by atoms with E-state index in [2.05, 4.69) is 4.98 Å². The molecule has 0 atom stereocenters. The summed E-state index contributed by atoms with van der Waals surface area (Å²) in [4.78, 5) is 4.04. The van der Waals surface area contributed by atoms with Crippen LogP contribution in [-0.2, 0) is 12.1 Å². The Morgan fingerprint density at radius 3 is 2.37 bits per heavy atom. The van der Waals surface area contributed by atoms with Crippen LogP contribution >= 0.6 is 11.6 Å². The summed E-state index contributed by atoms with van der Waals surface area (Å²) in [5.41, 5.74) is 0.553. The molecule has 19 heavy (non-hydrogen) atoms. The molecule has 6 heteroatoms. The van der Waals surface area contributed by atoms with Crippen molar-refractivity contribution in [3.8, 4) is 0 Å². The Morgan fingerprint density at radius 2 is 1.84 bits per heavy atom. The maximum Gasteiger partial charge on any atom is 0.416 e. The van der Waals surface area contributed by atoms with Crippen molar-refractivity contribution in [1.29, 1.82) is 0 Å². The molecule has 1 aromatic carbocycles. The molecule has 1 aromatic heterocycles. The van der Waals surface area contributed by atoms with Gasteiger partial charge in [0.05, 0.1) is 17.1 Å². The third-order valence-corrected chi connectivity index (χ3v) is 2.64. The Labute approximate surface area is 112 Å². The first-order valence-corrected chi connectivity index (χ1v) is 5.88. The van der Waals surface area contributed by atoms with Gasteiger partial charge in [0.2, 0.25) is 5.89 Å². The molecule has 0 unspecified atom stereocenters. The number of hydrogen-bond acceptors (Lipinski definition) is 2. The maximum atomic E-state index is 12.4. The normalized spacial score (nSPS) is 12.2. The number of benzene rings is 1. The van der Waals surface area contributed by atoms with Gasteiger partial charge in [-0.3, -0.25) is 0 Å². The molecule has 0 bridgehead atoms. The highest BCUT2D eigenvalue weighted by Crippen LogP contribution is 2.29. The first kappa shape index (κ1) is 13.7. The molecule has 0 radical (unpaired) electrons. The molecular formula is C13H9ClF3NO. The van der Waals surface area contributed by atoms with Crippen molar-refractivity contribution in [1.82, 2.24) is 4.98 Å². The van der Waals surface area contributed by atoms with Gasteiger partial charge in [-0.25, -0.2) is 4.98 Å². The van der Waals surface area contributed by atoms with Crippen molar-refractivity contribution in [2.24, 2.45) is 0 Å². The van der Waals surface area contributed by atoms with Gasteiger partial charge in [0.25, 0.3) is 0 Å². The van der Waals surface area contributed by atoms with Crippen molar-refractivity contribution in [2.75, 3.05) is 0 Å². The molecule has 0 spiro atoms. The van der Waals surface area contributed by atoms with Gasteiger partial charge in [-0.05, 0) is 23.8 Å². The molecule has 0 saturated heterocycles. The SMILES string of the molecule is FC(F)(F)c1ccc(/C=C/c2nc(CCl)co2)cc1. The molecule has 1 heterocycles. The van der Waals surface area contributed by atoms with E-state index in [-0.39, 0.29) is 5.88 Å². The highest BCUT2D eigenvalue weighted by Gasteiger charge is 2.29. The predicted molar refractivity (Wildman–Crippen MR) is 66.4 cm³/mol. The molecule has 0 saturated carbocycles. The Balaban J connectivity index is 2.11. The summed E-state index contributed by atoms with van der Waals surface area (Å²) in [5.74, 6) is 0.605. The minimum absolute atomic E-state index is 0.248. The predicted octanol–water partition coefficient (Wildman–Crippen LogP) is 4.60. The van der Waals surface area contributed by atoms with Crippen LogP contribution in [0.2, 0.25) is 0 Å². The number of aromatic nitrogens is 1. The zero-order chi connectivity index (χ0) is 13.9. The fourth-order valence-electron chi connectivity index (χ4n) is 1.41. The minimum Gasteiger partial charge on any atom is -0.445 e. The van der Waals surface area contributed by atoms with Crippen LogP contribution in [0.5, 0.6) is 0 Å². The second-order valence-electron chi connectivity index (χ2n) is 3.76. The summed E-state index contributed by atoms with van der Waals surface area (Å²) >= 11 is 5.56. The van der Waals surface area contributed by atoms with E-state index in [1.165, 1.54) is 18.4 Å². The average molecular weight is 288 g/mol. The second-order valence-corrected chi connectivity index (χ2v) is 4.03. The van der Waals surface area contributed by atoms with Crippen LogP contribution in [0, 0.1) is 0 Å². The zero-order valence-corrected chi connectivity index (χ0v) is 10.4. The molecule has 0 amide bonds. The van der Waals surface area contributed by atoms with E-state index in [0.717, 1.165) is 12.1 Å². The number of hydrogen-bond donors (Lipinski definition) is 0. The van der Waals surface area contributed by atoms with E-state index in [1.807, 2.05) is 0 Å². The molecule has 2 rings (SSSR count). The van der Waals surface area contributed by atoms with E-state index in [1.54, 1.807) is 12.2 Å². The Morgan fingerprint density at radius 1 is 1.16 bits per heavy atom. The van der Waals surface area contributed by atoms with Gasteiger partial charge in [-0.2, -0.15) is 13.2 Å². The third-order valence-electron chi connectivity index (χ3n) is 2.36. The van der Waals surface area contributed by atoms with Crippen LogP contribution in [0.25, 0.3) is 12.2 Å². The summed E-state index contributed by atoms with van der Waals surface area (Å²) in [6, 6.07) is 4.81. The first-order chi connectivity index (χ1) is 8.99. The monoisotopic (exact) mass is 287 g/mol. The standard InChI is InChI=1S/C13H9ClF3NO/c14-7-11-8-19-12(18-11)6-3-9-1-4-10(5-2-9)13(15,16)17/h1-6,8H,7H2/b6-3+. The number of halogens is 4. The highest BCUT2D eigenvalue weighted by molar-refractivity contribution is 6.16. The van der Waals surface area contributed by atoms with Gasteiger partial charge in [-0.1, -0.05) is 12.1 Å². The van der Waals surface area contributed by atoms with Gasteiger partial charge < -0.3 is 4.42 Å². The van der Waals surface area contributed by atoms with Crippen molar-refractivity contribution in [3.05, 3.63) is 53.2 Å². The lowest BCUT2D eigenvalue weighted by molar-refractivity contribution is -0.137. The summed E-state index contributed by atoms with van der Waals surface area (Å²) in [7, 11) is 0. The second kappa shape index (κ2) is 5.48. The van der Waals surface area contributed by atoms with Crippen molar-refractivity contribution < 1.29 is 17.6 Å². The third kappa shape index (κ3) is 3.61. The number of rotatable bonds is 3. The molecule has 0 aliphatic heterocycles. The lowest BCUT2D eigenvalue weighted by atomic mass is 10.1. The summed E-state index contributed by atoms with van der Waals surface area (Å²) in [6.07, 6.45) is 0.294. The van der Waals surface area contributed by atoms with Crippen molar-refractivity contribution in [3.63, 3.8) is 0 Å². The van der Waals surface area contributed by atoms with Crippen LogP contribution in [-0.4, -0.2) is 4.98 Å². The molecule has 100 valence electrons. The van der Waals surface area contributed by atoms with Gasteiger partial charge in [0, 0.05) is 6.08 Å². The first-order valence-electron chi connectivity index (χ1n) is 5.35. The van der Waals surface area contributed by atoms with Crippen LogP contribution in [0.3, 0.4) is 0 Å². The number of alkyl halides is 4. The number of oxazole rings is 1. The molecule has 2 aromatic rings. The van der Waals surface area contributed by atoms with Crippen LogP contribution < -0.4 is 0 Å². The van der Waals surface area contributed by atoms with E-state index in [4.69, 9.17) is 16.0 Å². The zero-order valence-electron chi connectivity index (χ0n) is 9.62.